The molecule has 0 fully saturated rings. The predicted molar refractivity (Wildman–Crippen MR) is 123 cm³/mol. The lowest BCUT2D eigenvalue weighted by molar-refractivity contribution is -0.137. The van der Waals surface area contributed by atoms with Gasteiger partial charge in [-0.05, 0) is 75.2 Å². The van der Waals surface area contributed by atoms with Crippen LogP contribution in [0.3, 0.4) is 0 Å². The van der Waals surface area contributed by atoms with Gasteiger partial charge in [-0.3, -0.25) is 9.59 Å². The second kappa shape index (κ2) is 11.7. The number of allylic oxidation sites excluding steroid dienone is 8. The maximum atomic E-state index is 12.9. The Kier molecular flexibility index (Phi) is 8.77. The molecule has 0 bridgehead atoms. The van der Waals surface area contributed by atoms with Gasteiger partial charge in [-0.15, -0.1) is 0 Å². The van der Waals surface area contributed by atoms with Crippen LogP contribution in [0, 0.1) is 5.92 Å². The van der Waals surface area contributed by atoms with Crippen molar-refractivity contribution in [2.24, 2.45) is 5.92 Å². The third-order valence-electron chi connectivity index (χ3n) is 5.98. The summed E-state index contributed by atoms with van der Waals surface area (Å²) in [5.41, 5.74) is 2.99. The van der Waals surface area contributed by atoms with E-state index in [9.17, 15) is 9.59 Å². The summed E-state index contributed by atoms with van der Waals surface area (Å²) in [4.78, 5) is 23.5. The molecule has 3 aliphatic rings. The summed E-state index contributed by atoms with van der Waals surface area (Å²) in [6, 6.07) is 0. The van der Waals surface area contributed by atoms with E-state index in [1.54, 1.807) is 0 Å². The van der Waals surface area contributed by atoms with Crippen molar-refractivity contribution in [1.82, 2.24) is 5.32 Å². The normalized spacial score (nSPS) is 19.0. The first-order valence-corrected chi connectivity index (χ1v) is 11.8. The molecule has 3 rings (SSSR count). The zero-order chi connectivity index (χ0) is 22.9. The molecule has 0 radical (unpaired) electrons. The third-order valence-corrected chi connectivity index (χ3v) is 5.98. The van der Waals surface area contributed by atoms with E-state index < -0.39 is 5.97 Å². The van der Waals surface area contributed by atoms with Crippen molar-refractivity contribution in [3.63, 3.8) is 0 Å². The molecule has 0 saturated carbocycles. The van der Waals surface area contributed by atoms with Crippen LogP contribution in [-0.4, -0.2) is 23.6 Å². The molecule has 0 aromatic heterocycles. The highest BCUT2D eigenvalue weighted by Gasteiger charge is 2.22. The van der Waals surface area contributed by atoms with Crippen molar-refractivity contribution in [2.45, 2.75) is 78.1 Å². The summed E-state index contributed by atoms with van der Waals surface area (Å²) in [6.07, 6.45) is 15.6. The van der Waals surface area contributed by atoms with Crippen molar-refractivity contribution in [1.29, 1.82) is 0 Å². The Morgan fingerprint density at radius 3 is 2.62 bits per heavy atom. The third kappa shape index (κ3) is 7.14. The molecule has 3 aliphatic carbocycles. The van der Waals surface area contributed by atoms with Gasteiger partial charge in [-0.1, -0.05) is 19.4 Å². The first kappa shape index (κ1) is 23.9. The monoisotopic (exact) mass is 441 g/mol. The largest absolute Gasteiger partial charge is 0.497 e. The van der Waals surface area contributed by atoms with Crippen LogP contribution in [-0.2, 0) is 19.1 Å². The van der Waals surface area contributed by atoms with Crippen LogP contribution >= 0.6 is 0 Å². The minimum atomic E-state index is -0.832. The van der Waals surface area contributed by atoms with Gasteiger partial charge in [0.05, 0.1) is 12.2 Å². The molecule has 0 aromatic rings. The smallest absolute Gasteiger partial charge is 0.303 e. The van der Waals surface area contributed by atoms with Crippen LogP contribution in [0.5, 0.6) is 0 Å². The molecule has 2 N–H and O–H groups in total. The molecule has 6 nitrogen and oxygen atoms in total. The lowest BCUT2D eigenvalue weighted by Gasteiger charge is -2.22. The van der Waals surface area contributed by atoms with E-state index >= 15 is 0 Å². The second-order valence-corrected chi connectivity index (χ2v) is 8.85. The van der Waals surface area contributed by atoms with Gasteiger partial charge in [0, 0.05) is 25.0 Å². The maximum absolute atomic E-state index is 12.9. The number of amides is 1. The summed E-state index contributed by atoms with van der Waals surface area (Å²) in [6.45, 7) is 4.74. The van der Waals surface area contributed by atoms with Crippen molar-refractivity contribution in [3.05, 3.63) is 58.4 Å². The lowest BCUT2D eigenvalue weighted by atomic mass is 9.94. The van der Waals surface area contributed by atoms with Gasteiger partial charge >= 0.3 is 5.97 Å². The number of carbonyl (C=O) groups is 2. The molecule has 0 aliphatic heterocycles. The van der Waals surface area contributed by atoms with E-state index in [0.29, 0.717) is 43.1 Å². The fraction of sp³-hybridized carbons (Fsp3) is 0.538. The minimum Gasteiger partial charge on any atom is -0.497 e. The summed E-state index contributed by atoms with van der Waals surface area (Å²) in [5, 5.41) is 11.8. The van der Waals surface area contributed by atoms with E-state index in [0.717, 1.165) is 55.7 Å². The number of hydrogen-bond donors (Lipinski definition) is 2. The van der Waals surface area contributed by atoms with Crippen LogP contribution in [0.1, 0.15) is 78.1 Å². The molecular weight excluding hydrogens is 406 g/mol. The SMILES string of the molecule is CC(C)C1=CC(OC2=CC=C(NC(=O)C3=C(OCCCC(=O)O)CCCC3)CC2)=CCC1. The molecule has 32 heavy (non-hydrogen) atoms. The number of ether oxygens (including phenoxy) is 2. The van der Waals surface area contributed by atoms with Crippen molar-refractivity contribution < 1.29 is 24.2 Å². The number of hydrogen-bond acceptors (Lipinski definition) is 4. The van der Waals surface area contributed by atoms with E-state index in [4.69, 9.17) is 14.6 Å². The van der Waals surface area contributed by atoms with Gasteiger partial charge < -0.3 is 19.9 Å². The zero-order valence-electron chi connectivity index (χ0n) is 19.2. The molecule has 1 amide bonds. The zero-order valence-corrected chi connectivity index (χ0v) is 19.2. The van der Waals surface area contributed by atoms with Crippen molar-refractivity contribution >= 4 is 11.9 Å². The molecule has 6 heteroatoms. The number of nitrogens with one attached hydrogen (secondary N) is 1. The standard InChI is InChI=1S/C26H35NO5/c1-18(2)19-7-5-8-22(17-19)32-21-14-12-20(13-15-21)27-26(30)23-9-3-4-10-24(23)31-16-6-11-25(28)29/h8,12,14,17-18H,3-7,9-11,13,15-16H2,1-2H3,(H,27,30)(H,28,29). The fourth-order valence-corrected chi connectivity index (χ4v) is 4.10. The number of rotatable bonds is 10. The molecule has 0 atom stereocenters. The molecule has 0 unspecified atom stereocenters. The Morgan fingerprint density at radius 2 is 1.91 bits per heavy atom. The van der Waals surface area contributed by atoms with E-state index in [1.807, 2.05) is 12.2 Å². The molecule has 0 heterocycles. The molecule has 0 saturated heterocycles. The molecular formula is C26H35NO5. The molecule has 174 valence electrons. The summed E-state index contributed by atoms with van der Waals surface area (Å²) < 4.78 is 11.9. The first-order chi connectivity index (χ1) is 15.4. The Bertz CT molecular complexity index is 873. The van der Waals surface area contributed by atoms with E-state index in [2.05, 4.69) is 31.3 Å². The Balaban J connectivity index is 1.56. The molecule has 0 aromatic carbocycles. The van der Waals surface area contributed by atoms with Gasteiger partial charge in [-0.25, -0.2) is 0 Å². The van der Waals surface area contributed by atoms with Gasteiger partial charge in [0.25, 0.3) is 5.91 Å². The highest BCUT2D eigenvalue weighted by atomic mass is 16.5. The number of aliphatic carboxylic acids is 1. The summed E-state index contributed by atoms with van der Waals surface area (Å²) in [7, 11) is 0. The summed E-state index contributed by atoms with van der Waals surface area (Å²) >= 11 is 0. The Morgan fingerprint density at radius 1 is 1.09 bits per heavy atom. The minimum absolute atomic E-state index is 0.0733. The topological polar surface area (TPSA) is 84.9 Å². The van der Waals surface area contributed by atoms with Gasteiger partial charge in [-0.2, -0.15) is 0 Å². The van der Waals surface area contributed by atoms with Gasteiger partial charge in [0.2, 0.25) is 0 Å². The number of carboxylic acid groups (broad SMARTS) is 1. The molecule has 0 spiro atoms. The van der Waals surface area contributed by atoms with E-state index in [-0.39, 0.29) is 12.3 Å². The Labute approximate surface area is 190 Å². The van der Waals surface area contributed by atoms with Crippen LogP contribution in [0.15, 0.2) is 58.4 Å². The van der Waals surface area contributed by atoms with Crippen molar-refractivity contribution in [3.8, 4) is 0 Å². The number of carbonyl (C=O) groups excluding carboxylic acids is 1. The maximum Gasteiger partial charge on any atom is 0.303 e. The highest BCUT2D eigenvalue weighted by Crippen LogP contribution is 2.29. The van der Waals surface area contributed by atoms with Crippen molar-refractivity contribution in [2.75, 3.05) is 6.61 Å². The van der Waals surface area contributed by atoms with E-state index in [1.165, 1.54) is 5.57 Å². The van der Waals surface area contributed by atoms with Crippen LogP contribution < -0.4 is 5.32 Å². The van der Waals surface area contributed by atoms with Gasteiger partial charge in [0.1, 0.15) is 17.3 Å². The highest BCUT2D eigenvalue weighted by molar-refractivity contribution is 5.95. The summed E-state index contributed by atoms with van der Waals surface area (Å²) in [5.74, 6) is 2.14. The Hall–Kier alpha value is -2.76. The average molecular weight is 442 g/mol. The second-order valence-electron chi connectivity index (χ2n) is 8.85. The lowest BCUT2D eigenvalue weighted by Crippen LogP contribution is -2.27. The van der Waals surface area contributed by atoms with Crippen LogP contribution in [0.4, 0.5) is 0 Å². The predicted octanol–water partition coefficient (Wildman–Crippen LogP) is 5.65. The fourth-order valence-electron chi connectivity index (χ4n) is 4.10. The van der Waals surface area contributed by atoms with Crippen LogP contribution in [0.2, 0.25) is 0 Å². The number of carboxylic acids is 1. The van der Waals surface area contributed by atoms with Crippen LogP contribution in [0.25, 0.3) is 0 Å². The first-order valence-electron chi connectivity index (χ1n) is 11.8. The van der Waals surface area contributed by atoms with Gasteiger partial charge in [0.15, 0.2) is 0 Å². The quantitative estimate of drug-likeness (QED) is 0.428. The average Bonchev–Trinajstić information content (AvgIpc) is 2.78.